The zero-order valence-electron chi connectivity index (χ0n) is 25.1. The number of esters is 1. The standard InChI is InChI=1S/C31H53NO9/c1-15(22(32)12-24(35)40-4)19-7-8-20-18-6-5-16-11-17(34)9-10-29(16,2)21(18)13-31(39,30(19,20)3)28-27(38)26(37)25(36)23(14-33)41-28/h15-23,25-28,33-34,36-39H,5-14,32H2,1-4H3/t15-,16+,17+,18-,19+,20-,21-,22?,23+,25+,26-,27+,28+,29-,30+,31+/m0/s1. The first kappa shape index (κ1) is 31.6. The summed E-state index contributed by atoms with van der Waals surface area (Å²) in [5.74, 6) is 0.208. The number of aliphatic hydroxyl groups excluding tert-OH is 5. The highest BCUT2D eigenvalue weighted by atomic mass is 16.6. The number of methoxy groups -OCH3 is 1. The minimum atomic E-state index is -1.62. The zero-order chi connectivity index (χ0) is 30.1. The van der Waals surface area contributed by atoms with Gasteiger partial charge in [-0.2, -0.15) is 0 Å². The van der Waals surface area contributed by atoms with Crippen molar-refractivity contribution in [3.8, 4) is 0 Å². The highest BCUT2D eigenvalue weighted by Crippen LogP contribution is 2.72. The molecule has 41 heavy (non-hydrogen) atoms. The van der Waals surface area contributed by atoms with E-state index in [1.807, 2.05) is 6.92 Å². The average molecular weight is 584 g/mol. The number of ether oxygens (including phenoxy) is 2. The van der Waals surface area contributed by atoms with Crippen LogP contribution in [0.2, 0.25) is 0 Å². The van der Waals surface area contributed by atoms with E-state index >= 15 is 0 Å². The maximum Gasteiger partial charge on any atom is 0.307 e. The van der Waals surface area contributed by atoms with Gasteiger partial charge in [-0.15, -0.1) is 0 Å². The van der Waals surface area contributed by atoms with Crippen molar-refractivity contribution < 1.29 is 44.9 Å². The molecule has 5 aliphatic rings. The van der Waals surface area contributed by atoms with Crippen LogP contribution < -0.4 is 5.73 Å². The van der Waals surface area contributed by atoms with E-state index in [4.69, 9.17) is 15.2 Å². The van der Waals surface area contributed by atoms with E-state index < -0.39 is 54.2 Å². The summed E-state index contributed by atoms with van der Waals surface area (Å²) in [6, 6.07) is -0.493. The third kappa shape index (κ3) is 4.71. The van der Waals surface area contributed by atoms with Crippen molar-refractivity contribution in [3.05, 3.63) is 0 Å². The monoisotopic (exact) mass is 583 g/mol. The fraction of sp³-hybridized carbons (Fsp3) is 0.968. The Hall–Kier alpha value is -0.850. The Bertz CT molecular complexity index is 966. The number of hydrogen-bond acceptors (Lipinski definition) is 10. The van der Waals surface area contributed by atoms with Gasteiger partial charge in [0.1, 0.15) is 30.5 Å². The maximum atomic E-state index is 13.2. The van der Waals surface area contributed by atoms with Crippen molar-refractivity contribution >= 4 is 5.97 Å². The van der Waals surface area contributed by atoms with Gasteiger partial charge < -0.3 is 45.8 Å². The molecule has 1 saturated heterocycles. The van der Waals surface area contributed by atoms with Gasteiger partial charge in [0.25, 0.3) is 0 Å². The van der Waals surface area contributed by atoms with Crippen LogP contribution in [-0.4, -0.2) is 98.6 Å². The summed E-state index contributed by atoms with van der Waals surface area (Å²) in [6.07, 6.45) is -0.935. The van der Waals surface area contributed by atoms with Gasteiger partial charge in [0.15, 0.2) is 0 Å². The minimum Gasteiger partial charge on any atom is -0.469 e. The summed E-state index contributed by atoms with van der Waals surface area (Å²) < 4.78 is 11.1. The smallest absolute Gasteiger partial charge is 0.307 e. The van der Waals surface area contributed by atoms with Gasteiger partial charge in [0.2, 0.25) is 0 Å². The number of hydrogen-bond donors (Lipinski definition) is 7. The lowest BCUT2D eigenvalue weighted by Crippen LogP contribution is -2.74. The van der Waals surface area contributed by atoms with Crippen molar-refractivity contribution in [1.29, 1.82) is 0 Å². The second kappa shape index (κ2) is 11.3. The lowest BCUT2D eigenvalue weighted by Gasteiger charge is -2.68. The Morgan fingerprint density at radius 3 is 2.39 bits per heavy atom. The predicted molar refractivity (Wildman–Crippen MR) is 149 cm³/mol. The van der Waals surface area contributed by atoms with Gasteiger partial charge in [0, 0.05) is 11.5 Å². The van der Waals surface area contributed by atoms with Crippen molar-refractivity contribution in [1.82, 2.24) is 0 Å². The molecule has 0 bridgehead atoms. The molecule has 0 aromatic rings. The first-order valence-electron chi connectivity index (χ1n) is 15.8. The van der Waals surface area contributed by atoms with Crippen molar-refractivity contribution in [2.45, 2.75) is 127 Å². The summed E-state index contributed by atoms with van der Waals surface area (Å²) >= 11 is 0. The summed E-state index contributed by atoms with van der Waals surface area (Å²) in [4.78, 5) is 12.1. The lowest BCUT2D eigenvalue weighted by atomic mass is 9.40. The van der Waals surface area contributed by atoms with Crippen LogP contribution in [0, 0.1) is 46.3 Å². The van der Waals surface area contributed by atoms with E-state index in [1.165, 1.54) is 7.11 Å². The zero-order valence-corrected chi connectivity index (χ0v) is 25.1. The Morgan fingerprint density at radius 2 is 1.73 bits per heavy atom. The SMILES string of the molecule is COC(=O)CC(N)[C@@H](C)[C@H]1CC[C@H]2[C@@H]3CC[C@@H]4C[C@H](O)CC[C@]4(C)[C@H]3C[C@@](O)([C@@H]3O[C@H](CO)[C@@H](O)[C@H](O)[C@H]3O)[C@]12C. The summed E-state index contributed by atoms with van der Waals surface area (Å²) in [5, 5.41) is 66.5. The third-order valence-corrected chi connectivity index (χ3v) is 13.3. The molecule has 8 N–H and O–H groups in total. The van der Waals surface area contributed by atoms with Crippen molar-refractivity contribution in [2.24, 2.45) is 52.1 Å². The highest BCUT2D eigenvalue weighted by Gasteiger charge is 2.73. The maximum absolute atomic E-state index is 13.2. The van der Waals surface area contributed by atoms with Gasteiger partial charge in [0.05, 0.1) is 31.8 Å². The Kier molecular flexibility index (Phi) is 8.67. The minimum absolute atomic E-state index is 0.0571. The molecule has 236 valence electrons. The molecule has 1 unspecified atom stereocenters. The molecule has 0 spiro atoms. The van der Waals surface area contributed by atoms with Crippen LogP contribution in [0.5, 0.6) is 0 Å². The van der Waals surface area contributed by atoms with Gasteiger partial charge >= 0.3 is 5.97 Å². The van der Waals surface area contributed by atoms with Crippen LogP contribution in [0.1, 0.15) is 78.6 Å². The molecule has 0 aromatic heterocycles. The first-order chi connectivity index (χ1) is 19.2. The van der Waals surface area contributed by atoms with Crippen LogP contribution >= 0.6 is 0 Å². The Labute approximate surface area is 243 Å². The molecular weight excluding hydrogens is 530 g/mol. The van der Waals surface area contributed by atoms with Crippen LogP contribution in [0.4, 0.5) is 0 Å². The largest absolute Gasteiger partial charge is 0.469 e. The topological polar surface area (TPSA) is 183 Å². The molecule has 10 heteroatoms. The van der Waals surface area contributed by atoms with Crippen LogP contribution in [-0.2, 0) is 14.3 Å². The molecule has 10 nitrogen and oxygen atoms in total. The second-order valence-electron chi connectivity index (χ2n) is 14.7. The summed E-state index contributed by atoms with van der Waals surface area (Å²) in [7, 11) is 1.34. The number of fused-ring (bicyclic) bond motifs is 5. The highest BCUT2D eigenvalue weighted by molar-refractivity contribution is 5.69. The number of rotatable bonds is 6. The van der Waals surface area contributed by atoms with Crippen LogP contribution in [0.15, 0.2) is 0 Å². The van der Waals surface area contributed by atoms with Crippen LogP contribution in [0.3, 0.4) is 0 Å². The van der Waals surface area contributed by atoms with E-state index in [-0.39, 0.29) is 47.6 Å². The second-order valence-corrected chi connectivity index (χ2v) is 14.7. The summed E-state index contributed by atoms with van der Waals surface area (Å²) in [6.45, 7) is 5.84. The van der Waals surface area contributed by atoms with Gasteiger partial charge in [-0.25, -0.2) is 0 Å². The van der Waals surface area contributed by atoms with Gasteiger partial charge in [-0.1, -0.05) is 20.8 Å². The number of carbonyl (C=O) groups is 1. The lowest BCUT2D eigenvalue weighted by molar-refractivity contribution is -0.323. The quantitative estimate of drug-likeness (QED) is 0.220. The van der Waals surface area contributed by atoms with Gasteiger partial charge in [-0.05, 0) is 92.3 Å². The molecule has 4 aliphatic carbocycles. The fourth-order valence-electron chi connectivity index (χ4n) is 10.9. The fourth-order valence-corrected chi connectivity index (χ4v) is 10.9. The molecule has 5 rings (SSSR count). The molecule has 0 radical (unpaired) electrons. The van der Waals surface area contributed by atoms with E-state index in [0.29, 0.717) is 18.3 Å². The van der Waals surface area contributed by atoms with Gasteiger partial charge in [-0.3, -0.25) is 4.79 Å². The normalized spacial score (nSPS) is 53.0. The average Bonchev–Trinajstić information content (AvgIpc) is 3.31. The number of nitrogens with two attached hydrogens (primary N) is 1. The molecule has 0 aromatic carbocycles. The summed E-state index contributed by atoms with van der Waals surface area (Å²) in [5.41, 5.74) is 4.09. The van der Waals surface area contributed by atoms with Crippen molar-refractivity contribution in [2.75, 3.05) is 13.7 Å². The van der Waals surface area contributed by atoms with E-state index in [0.717, 1.165) is 44.9 Å². The van der Waals surface area contributed by atoms with Crippen LogP contribution in [0.25, 0.3) is 0 Å². The van der Waals surface area contributed by atoms with E-state index in [2.05, 4.69) is 13.8 Å². The molecule has 16 atom stereocenters. The molecule has 1 aliphatic heterocycles. The number of aliphatic hydroxyl groups is 6. The Morgan fingerprint density at radius 1 is 1.02 bits per heavy atom. The van der Waals surface area contributed by atoms with Crippen molar-refractivity contribution in [3.63, 3.8) is 0 Å². The molecular formula is C31H53NO9. The van der Waals surface area contributed by atoms with E-state index in [9.17, 15) is 35.4 Å². The Balaban J connectivity index is 1.59. The molecule has 5 fully saturated rings. The molecule has 1 heterocycles. The third-order valence-electron chi connectivity index (χ3n) is 13.3. The molecule has 4 saturated carbocycles. The predicted octanol–water partition coefficient (Wildman–Crippen LogP) is 0.716. The molecule has 0 amide bonds. The number of carbonyl (C=O) groups excluding carboxylic acids is 1. The first-order valence-corrected chi connectivity index (χ1v) is 15.8. The van der Waals surface area contributed by atoms with E-state index in [1.54, 1.807) is 0 Å².